The summed E-state index contributed by atoms with van der Waals surface area (Å²) < 4.78 is 10.3. The lowest BCUT2D eigenvalue weighted by atomic mass is 10.2. The summed E-state index contributed by atoms with van der Waals surface area (Å²) in [6.45, 7) is 1.79. The predicted octanol–water partition coefficient (Wildman–Crippen LogP) is 3.11. The normalized spacial score (nSPS) is 10.8. The average Bonchev–Trinajstić information content (AvgIpc) is 2.54. The van der Waals surface area contributed by atoms with Crippen LogP contribution in [0, 0.1) is 6.92 Å². The largest absolute Gasteiger partial charge is 0.504 e. The van der Waals surface area contributed by atoms with E-state index in [2.05, 4.69) is 0 Å². The Morgan fingerprint density at radius 1 is 1.43 bits per heavy atom. The van der Waals surface area contributed by atoms with E-state index in [0.717, 1.165) is 0 Å². The second-order valence-corrected chi connectivity index (χ2v) is 3.39. The number of methoxy groups -OCH3 is 1. The molecule has 1 N–H and O–H groups in total. The van der Waals surface area contributed by atoms with Gasteiger partial charge in [-0.1, -0.05) is 11.6 Å². The van der Waals surface area contributed by atoms with Crippen LogP contribution in [0.5, 0.6) is 11.5 Å². The van der Waals surface area contributed by atoms with E-state index in [1.807, 2.05) is 0 Å². The first-order chi connectivity index (χ1) is 6.63. The van der Waals surface area contributed by atoms with Gasteiger partial charge in [0.2, 0.25) is 0 Å². The second kappa shape index (κ2) is 3.10. The minimum absolute atomic E-state index is 0.0364. The molecule has 0 atom stereocenters. The summed E-state index contributed by atoms with van der Waals surface area (Å²) in [5.41, 5.74) is 0.397. The van der Waals surface area contributed by atoms with Gasteiger partial charge in [-0.25, -0.2) is 0 Å². The zero-order valence-corrected chi connectivity index (χ0v) is 8.55. The Labute approximate surface area is 85.8 Å². The first-order valence-corrected chi connectivity index (χ1v) is 4.47. The third-order valence-electron chi connectivity index (χ3n) is 2.03. The highest BCUT2D eigenvalue weighted by Crippen LogP contribution is 2.39. The minimum Gasteiger partial charge on any atom is -0.504 e. The van der Waals surface area contributed by atoms with Crippen molar-refractivity contribution in [2.24, 2.45) is 0 Å². The van der Waals surface area contributed by atoms with Crippen LogP contribution >= 0.6 is 11.6 Å². The quantitative estimate of drug-likeness (QED) is 0.790. The molecule has 0 unspecified atom stereocenters. The van der Waals surface area contributed by atoms with Crippen LogP contribution in [0.2, 0.25) is 5.02 Å². The zero-order chi connectivity index (χ0) is 10.3. The average molecular weight is 213 g/mol. The molecular weight excluding hydrogens is 204 g/mol. The van der Waals surface area contributed by atoms with Crippen molar-refractivity contribution >= 4 is 22.6 Å². The molecule has 0 amide bonds. The van der Waals surface area contributed by atoms with Gasteiger partial charge in [0.15, 0.2) is 11.3 Å². The first kappa shape index (κ1) is 9.21. The predicted molar refractivity (Wildman–Crippen MR) is 54.2 cm³/mol. The van der Waals surface area contributed by atoms with Gasteiger partial charge in [0.05, 0.1) is 12.1 Å². The smallest absolute Gasteiger partial charge is 0.177 e. The van der Waals surface area contributed by atoms with Crippen molar-refractivity contribution in [3.8, 4) is 11.5 Å². The molecule has 0 saturated heterocycles. The molecule has 1 aromatic carbocycles. The van der Waals surface area contributed by atoms with Crippen molar-refractivity contribution in [2.75, 3.05) is 7.11 Å². The number of ether oxygens (including phenoxy) is 1. The van der Waals surface area contributed by atoms with Crippen LogP contribution in [0.3, 0.4) is 0 Å². The van der Waals surface area contributed by atoms with E-state index in [-0.39, 0.29) is 5.75 Å². The minimum atomic E-state index is 0.0364. The lowest BCUT2D eigenvalue weighted by molar-refractivity contribution is 0.407. The number of benzene rings is 1. The van der Waals surface area contributed by atoms with Gasteiger partial charge >= 0.3 is 0 Å². The number of furan rings is 1. The number of aryl methyl sites for hydroxylation is 1. The SMILES string of the molecule is COc1cc(O)c2oc(C)cc2c1Cl. The number of halogens is 1. The van der Waals surface area contributed by atoms with Crippen LogP contribution in [0.1, 0.15) is 5.76 Å². The highest BCUT2D eigenvalue weighted by molar-refractivity contribution is 6.37. The molecule has 2 rings (SSSR count). The van der Waals surface area contributed by atoms with E-state index in [9.17, 15) is 5.11 Å². The van der Waals surface area contributed by atoms with Gasteiger partial charge in [-0.3, -0.25) is 0 Å². The van der Waals surface area contributed by atoms with Crippen molar-refractivity contribution in [3.63, 3.8) is 0 Å². The number of phenolic OH excluding ortho intramolecular Hbond substituents is 1. The molecule has 74 valence electrons. The van der Waals surface area contributed by atoms with Gasteiger partial charge in [-0.2, -0.15) is 0 Å². The third-order valence-corrected chi connectivity index (χ3v) is 2.42. The van der Waals surface area contributed by atoms with Crippen LogP contribution in [0.25, 0.3) is 11.0 Å². The second-order valence-electron chi connectivity index (χ2n) is 3.01. The van der Waals surface area contributed by atoms with Gasteiger partial charge in [0.1, 0.15) is 11.5 Å². The fraction of sp³-hybridized carbons (Fsp3) is 0.200. The molecule has 0 aliphatic rings. The summed E-state index contributed by atoms with van der Waals surface area (Å²) in [6.07, 6.45) is 0. The number of aromatic hydroxyl groups is 1. The van der Waals surface area contributed by atoms with E-state index in [1.165, 1.54) is 13.2 Å². The molecule has 0 bridgehead atoms. The molecule has 1 aromatic heterocycles. The van der Waals surface area contributed by atoms with Crippen molar-refractivity contribution in [1.82, 2.24) is 0 Å². The Balaban J connectivity index is 2.86. The Morgan fingerprint density at radius 2 is 2.14 bits per heavy atom. The number of hydrogen-bond acceptors (Lipinski definition) is 3. The number of hydrogen-bond donors (Lipinski definition) is 1. The molecule has 0 spiro atoms. The maximum atomic E-state index is 9.59. The Kier molecular flexibility index (Phi) is 2.04. The topological polar surface area (TPSA) is 42.6 Å². The number of phenols is 1. The summed E-state index contributed by atoms with van der Waals surface area (Å²) in [5, 5.41) is 10.7. The van der Waals surface area contributed by atoms with Crippen molar-refractivity contribution < 1.29 is 14.3 Å². The lowest BCUT2D eigenvalue weighted by Crippen LogP contribution is -1.84. The lowest BCUT2D eigenvalue weighted by Gasteiger charge is -2.03. The highest BCUT2D eigenvalue weighted by atomic mass is 35.5. The van der Waals surface area contributed by atoms with Gasteiger partial charge in [-0.15, -0.1) is 0 Å². The maximum Gasteiger partial charge on any atom is 0.177 e. The Bertz CT molecular complexity index is 488. The van der Waals surface area contributed by atoms with Crippen LogP contribution in [0.4, 0.5) is 0 Å². The molecule has 4 heteroatoms. The van der Waals surface area contributed by atoms with E-state index in [4.69, 9.17) is 20.8 Å². The fourth-order valence-corrected chi connectivity index (χ4v) is 1.67. The van der Waals surface area contributed by atoms with Crippen molar-refractivity contribution in [1.29, 1.82) is 0 Å². The van der Waals surface area contributed by atoms with Crippen LogP contribution in [-0.4, -0.2) is 12.2 Å². The molecule has 0 radical (unpaired) electrons. The zero-order valence-electron chi connectivity index (χ0n) is 7.80. The van der Waals surface area contributed by atoms with Crippen LogP contribution in [0.15, 0.2) is 16.5 Å². The van der Waals surface area contributed by atoms with E-state index < -0.39 is 0 Å². The maximum absolute atomic E-state index is 9.59. The molecule has 0 aliphatic heterocycles. The molecule has 0 fully saturated rings. The first-order valence-electron chi connectivity index (χ1n) is 4.09. The van der Waals surface area contributed by atoms with Gasteiger partial charge in [-0.05, 0) is 13.0 Å². The van der Waals surface area contributed by atoms with E-state index in [0.29, 0.717) is 27.5 Å². The molecule has 2 aromatic rings. The number of fused-ring (bicyclic) bond motifs is 1. The van der Waals surface area contributed by atoms with E-state index >= 15 is 0 Å². The molecule has 0 saturated carbocycles. The Hall–Kier alpha value is -1.35. The summed E-state index contributed by atoms with van der Waals surface area (Å²) in [5.74, 6) is 1.18. The molecule has 1 heterocycles. The van der Waals surface area contributed by atoms with Crippen molar-refractivity contribution in [2.45, 2.75) is 6.92 Å². The molecular formula is C10H9ClO3. The summed E-state index contributed by atoms with van der Waals surface area (Å²) in [7, 11) is 1.50. The Morgan fingerprint density at radius 3 is 2.79 bits per heavy atom. The summed E-state index contributed by atoms with van der Waals surface area (Å²) in [6, 6.07) is 3.20. The molecule has 14 heavy (non-hydrogen) atoms. The van der Waals surface area contributed by atoms with Crippen LogP contribution < -0.4 is 4.74 Å². The van der Waals surface area contributed by atoms with Crippen molar-refractivity contribution in [3.05, 3.63) is 22.9 Å². The highest BCUT2D eigenvalue weighted by Gasteiger charge is 2.14. The third kappa shape index (κ3) is 1.21. The fourth-order valence-electron chi connectivity index (χ4n) is 1.40. The van der Waals surface area contributed by atoms with Crippen LogP contribution in [-0.2, 0) is 0 Å². The number of rotatable bonds is 1. The standard InChI is InChI=1S/C10H9ClO3/c1-5-3-6-9(11)8(13-2)4-7(12)10(6)14-5/h3-4,12H,1-2H3. The molecule has 3 nitrogen and oxygen atoms in total. The summed E-state index contributed by atoms with van der Waals surface area (Å²) >= 11 is 6.03. The van der Waals surface area contributed by atoms with Gasteiger partial charge in [0, 0.05) is 11.5 Å². The molecule has 0 aliphatic carbocycles. The summed E-state index contributed by atoms with van der Waals surface area (Å²) in [4.78, 5) is 0. The van der Waals surface area contributed by atoms with Gasteiger partial charge < -0.3 is 14.3 Å². The monoisotopic (exact) mass is 212 g/mol. The van der Waals surface area contributed by atoms with Gasteiger partial charge in [0.25, 0.3) is 0 Å². The van der Waals surface area contributed by atoms with E-state index in [1.54, 1.807) is 13.0 Å².